The van der Waals surface area contributed by atoms with Gasteiger partial charge < -0.3 is 16.0 Å². The van der Waals surface area contributed by atoms with Gasteiger partial charge in [0, 0.05) is 18.8 Å². The Balaban J connectivity index is 2.04. The number of rotatable bonds is 6. The summed E-state index contributed by atoms with van der Waals surface area (Å²) in [6.45, 7) is 6.95. The summed E-state index contributed by atoms with van der Waals surface area (Å²) >= 11 is 0. The fourth-order valence-electron chi connectivity index (χ4n) is 2.99. The van der Waals surface area contributed by atoms with E-state index in [1.807, 2.05) is 6.92 Å². The monoisotopic (exact) mass is 275 g/mol. The molecule has 110 valence electrons. The number of carbonyl (C=O) groups is 1. The molecular formula is C16H25N3O. The van der Waals surface area contributed by atoms with Gasteiger partial charge >= 0.3 is 0 Å². The van der Waals surface area contributed by atoms with Crippen LogP contribution < -0.4 is 16.0 Å². The Kier molecular flexibility index (Phi) is 5.01. The van der Waals surface area contributed by atoms with Crippen LogP contribution in [0.4, 0.5) is 5.69 Å². The van der Waals surface area contributed by atoms with Crippen LogP contribution in [-0.4, -0.2) is 31.6 Å². The van der Waals surface area contributed by atoms with E-state index in [4.69, 9.17) is 5.73 Å². The zero-order valence-corrected chi connectivity index (χ0v) is 12.4. The molecule has 1 aromatic rings. The summed E-state index contributed by atoms with van der Waals surface area (Å²) in [6.07, 6.45) is 1.89. The highest BCUT2D eigenvalue weighted by atomic mass is 16.1. The number of hydrogen-bond donors (Lipinski definition) is 2. The molecule has 0 saturated heterocycles. The molecule has 4 heteroatoms. The number of anilines is 1. The van der Waals surface area contributed by atoms with Crippen LogP contribution in [0.15, 0.2) is 24.3 Å². The lowest BCUT2D eigenvalue weighted by Gasteiger charge is -2.35. The molecule has 1 aromatic carbocycles. The standard InChI is InChI=1S/C16H25N3O/c1-3-18-14(16(17)20)8-9-19-11-12(2)10-13-6-4-5-7-15(13)19/h4-7,12,14,18H,3,8-11H2,1-2H3,(H2,17,20). The van der Waals surface area contributed by atoms with Crippen molar-refractivity contribution in [2.24, 2.45) is 11.7 Å². The molecule has 0 aliphatic carbocycles. The molecule has 0 saturated carbocycles. The van der Waals surface area contributed by atoms with E-state index in [-0.39, 0.29) is 11.9 Å². The Morgan fingerprint density at radius 1 is 1.50 bits per heavy atom. The van der Waals surface area contributed by atoms with Gasteiger partial charge in [0.25, 0.3) is 0 Å². The molecule has 2 unspecified atom stereocenters. The second-order valence-corrected chi connectivity index (χ2v) is 5.69. The predicted octanol–water partition coefficient (Wildman–Crippen LogP) is 1.54. The molecule has 1 amide bonds. The van der Waals surface area contributed by atoms with E-state index < -0.39 is 0 Å². The van der Waals surface area contributed by atoms with Gasteiger partial charge in [-0.25, -0.2) is 0 Å². The number of nitrogens with two attached hydrogens (primary N) is 1. The Bertz CT molecular complexity index is 461. The molecule has 3 N–H and O–H groups in total. The minimum Gasteiger partial charge on any atom is -0.371 e. The van der Waals surface area contributed by atoms with Crippen molar-refractivity contribution >= 4 is 11.6 Å². The summed E-state index contributed by atoms with van der Waals surface area (Å²) in [6, 6.07) is 8.32. The number of primary amides is 1. The number of carbonyl (C=O) groups excluding carboxylic acids is 1. The van der Waals surface area contributed by atoms with Gasteiger partial charge in [-0.2, -0.15) is 0 Å². The second kappa shape index (κ2) is 6.75. The van der Waals surface area contributed by atoms with E-state index in [1.165, 1.54) is 11.3 Å². The smallest absolute Gasteiger partial charge is 0.234 e. The van der Waals surface area contributed by atoms with E-state index in [2.05, 4.69) is 41.4 Å². The van der Waals surface area contributed by atoms with Gasteiger partial charge in [-0.15, -0.1) is 0 Å². The number of likely N-dealkylation sites (N-methyl/N-ethyl adjacent to an activating group) is 1. The summed E-state index contributed by atoms with van der Waals surface area (Å²) in [5, 5.41) is 3.16. The van der Waals surface area contributed by atoms with Crippen molar-refractivity contribution in [2.75, 3.05) is 24.5 Å². The third-order valence-electron chi connectivity index (χ3n) is 3.91. The number of nitrogens with one attached hydrogen (secondary N) is 1. The quantitative estimate of drug-likeness (QED) is 0.828. The SMILES string of the molecule is CCNC(CCN1CC(C)Cc2ccccc21)C(N)=O. The molecule has 2 atom stereocenters. The second-order valence-electron chi connectivity index (χ2n) is 5.69. The highest BCUT2D eigenvalue weighted by molar-refractivity contribution is 5.79. The molecule has 2 rings (SSSR count). The number of amides is 1. The Morgan fingerprint density at radius 3 is 2.95 bits per heavy atom. The van der Waals surface area contributed by atoms with Crippen LogP contribution in [0.1, 0.15) is 25.8 Å². The molecule has 4 nitrogen and oxygen atoms in total. The summed E-state index contributed by atoms with van der Waals surface area (Å²) < 4.78 is 0. The summed E-state index contributed by atoms with van der Waals surface area (Å²) in [5.41, 5.74) is 8.16. The number of nitrogens with zero attached hydrogens (tertiary/aromatic N) is 1. The zero-order chi connectivity index (χ0) is 14.5. The molecule has 0 bridgehead atoms. The maximum absolute atomic E-state index is 11.4. The summed E-state index contributed by atoms with van der Waals surface area (Å²) in [5.74, 6) is 0.390. The van der Waals surface area contributed by atoms with Crippen molar-refractivity contribution in [3.8, 4) is 0 Å². The maximum Gasteiger partial charge on any atom is 0.234 e. The van der Waals surface area contributed by atoms with Crippen LogP contribution in [0.3, 0.4) is 0 Å². The predicted molar refractivity (Wildman–Crippen MR) is 82.8 cm³/mol. The fourth-order valence-corrected chi connectivity index (χ4v) is 2.99. The van der Waals surface area contributed by atoms with E-state index in [0.717, 1.165) is 32.5 Å². The van der Waals surface area contributed by atoms with Crippen molar-refractivity contribution in [2.45, 2.75) is 32.7 Å². The lowest BCUT2D eigenvalue weighted by molar-refractivity contribution is -0.120. The topological polar surface area (TPSA) is 58.4 Å². The van der Waals surface area contributed by atoms with Gasteiger partial charge in [0.05, 0.1) is 6.04 Å². The molecule has 1 aliphatic heterocycles. The van der Waals surface area contributed by atoms with Crippen LogP contribution in [0, 0.1) is 5.92 Å². The zero-order valence-electron chi connectivity index (χ0n) is 12.4. The first kappa shape index (κ1) is 14.9. The Hall–Kier alpha value is -1.55. The number of benzene rings is 1. The third kappa shape index (κ3) is 3.51. The van der Waals surface area contributed by atoms with E-state index in [0.29, 0.717) is 5.92 Å². The van der Waals surface area contributed by atoms with Gasteiger partial charge in [0.15, 0.2) is 0 Å². The van der Waals surface area contributed by atoms with Crippen molar-refractivity contribution in [1.82, 2.24) is 5.32 Å². The molecule has 0 spiro atoms. The van der Waals surface area contributed by atoms with Gasteiger partial charge in [-0.3, -0.25) is 4.79 Å². The average molecular weight is 275 g/mol. The summed E-state index contributed by atoms with van der Waals surface area (Å²) in [4.78, 5) is 13.8. The average Bonchev–Trinajstić information content (AvgIpc) is 2.42. The number of para-hydroxylation sites is 1. The molecular weight excluding hydrogens is 250 g/mol. The van der Waals surface area contributed by atoms with Crippen LogP contribution in [-0.2, 0) is 11.2 Å². The van der Waals surface area contributed by atoms with Crippen LogP contribution in [0.2, 0.25) is 0 Å². The van der Waals surface area contributed by atoms with Crippen molar-refractivity contribution in [1.29, 1.82) is 0 Å². The van der Waals surface area contributed by atoms with Gasteiger partial charge in [0.1, 0.15) is 0 Å². The molecule has 1 aliphatic rings. The molecule has 0 fully saturated rings. The van der Waals surface area contributed by atoms with Crippen molar-refractivity contribution in [3.05, 3.63) is 29.8 Å². The summed E-state index contributed by atoms with van der Waals surface area (Å²) in [7, 11) is 0. The molecule has 1 heterocycles. The van der Waals surface area contributed by atoms with Crippen LogP contribution >= 0.6 is 0 Å². The number of hydrogen-bond acceptors (Lipinski definition) is 3. The van der Waals surface area contributed by atoms with E-state index in [1.54, 1.807) is 0 Å². The maximum atomic E-state index is 11.4. The highest BCUT2D eigenvalue weighted by Gasteiger charge is 2.23. The highest BCUT2D eigenvalue weighted by Crippen LogP contribution is 2.29. The van der Waals surface area contributed by atoms with Gasteiger partial charge in [-0.05, 0) is 36.9 Å². The van der Waals surface area contributed by atoms with Crippen LogP contribution in [0.25, 0.3) is 0 Å². The molecule has 20 heavy (non-hydrogen) atoms. The normalized spacial score (nSPS) is 19.5. The first-order valence-corrected chi connectivity index (χ1v) is 7.47. The lowest BCUT2D eigenvalue weighted by Crippen LogP contribution is -2.44. The minimum atomic E-state index is -0.259. The first-order chi connectivity index (χ1) is 9.61. The Labute approximate surface area is 121 Å². The molecule has 0 aromatic heterocycles. The Morgan fingerprint density at radius 2 is 2.25 bits per heavy atom. The third-order valence-corrected chi connectivity index (χ3v) is 3.91. The largest absolute Gasteiger partial charge is 0.371 e. The van der Waals surface area contributed by atoms with Gasteiger partial charge in [-0.1, -0.05) is 32.0 Å². The van der Waals surface area contributed by atoms with Crippen molar-refractivity contribution in [3.63, 3.8) is 0 Å². The first-order valence-electron chi connectivity index (χ1n) is 7.47. The van der Waals surface area contributed by atoms with Crippen LogP contribution in [0.5, 0.6) is 0 Å². The molecule has 0 radical (unpaired) electrons. The van der Waals surface area contributed by atoms with E-state index >= 15 is 0 Å². The minimum absolute atomic E-state index is 0.232. The lowest BCUT2D eigenvalue weighted by atomic mass is 9.93. The van der Waals surface area contributed by atoms with Gasteiger partial charge in [0.2, 0.25) is 5.91 Å². The van der Waals surface area contributed by atoms with Crippen molar-refractivity contribution < 1.29 is 4.79 Å². The number of fused-ring (bicyclic) bond motifs is 1. The fraction of sp³-hybridized carbons (Fsp3) is 0.562. The van der Waals surface area contributed by atoms with E-state index in [9.17, 15) is 4.79 Å².